The highest BCUT2D eigenvalue weighted by Gasteiger charge is 2.37. The summed E-state index contributed by atoms with van der Waals surface area (Å²) in [6.07, 6.45) is 5.05. The molecule has 1 aromatic rings. The predicted octanol–water partition coefficient (Wildman–Crippen LogP) is 1.20. The highest BCUT2D eigenvalue weighted by molar-refractivity contribution is 5.78. The summed E-state index contributed by atoms with van der Waals surface area (Å²) in [7, 11) is 3.30. The summed E-state index contributed by atoms with van der Waals surface area (Å²) in [6, 6.07) is 3.83. The van der Waals surface area contributed by atoms with Gasteiger partial charge in [0.1, 0.15) is 6.10 Å². The van der Waals surface area contributed by atoms with Crippen LogP contribution in [-0.4, -0.2) is 60.9 Å². The van der Waals surface area contributed by atoms with Crippen LogP contribution in [0.15, 0.2) is 18.3 Å². The van der Waals surface area contributed by atoms with Gasteiger partial charge in [-0.15, -0.1) is 0 Å². The zero-order valence-corrected chi connectivity index (χ0v) is 17.3. The standard InChI is InChI=1S/C20H31N5O4/c1-4-25(2)20(27)29-15-7-6-14(10-15)16-11-17(24-23-16)22-18(26)9-13-5-8-19(28-3)21-12-13/h5,8,12,14-17,23-24H,4,6-7,9-11H2,1-3H3,(H,22,26)/t14-,15+,16?,17?/m0/s1. The third-order valence-electron chi connectivity index (χ3n) is 5.69. The van der Waals surface area contributed by atoms with Crippen molar-refractivity contribution in [2.75, 3.05) is 20.7 Å². The fourth-order valence-electron chi connectivity index (χ4n) is 3.86. The molecule has 0 radical (unpaired) electrons. The molecule has 1 aliphatic carbocycles. The molecule has 29 heavy (non-hydrogen) atoms. The Kier molecular flexibility index (Phi) is 7.27. The molecule has 0 aromatic carbocycles. The number of nitrogens with zero attached hydrogens (tertiary/aromatic N) is 2. The first-order chi connectivity index (χ1) is 14.0. The van der Waals surface area contributed by atoms with E-state index in [1.54, 1.807) is 31.3 Å². The maximum atomic E-state index is 12.3. The molecule has 2 amide bonds. The van der Waals surface area contributed by atoms with Gasteiger partial charge in [0.05, 0.1) is 19.7 Å². The minimum absolute atomic E-state index is 0.0282. The quantitative estimate of drug-likeness (QED) is 0.626. The molecule has 0 spiro atoms. The van der Waals surface area contributed by atoms with Crippen molar-refractivity contribution < 1.29 is 19.1 Å². The molecule has 3 rings (SSSR count). The van der Waals surface area contributed by atoms with Crippen molar-refractivity contribution in [1.29, 1.82) is 0 Å². The van der Waals surface area contributed by atoms with Gasteiger partial charge >= 0.3 is 6.09 Å². The molecule has 2 aliphatic rings. The Labute approximate surface area is 171 Å². The molecule has 0 bridgehead atoms. The van der Waals surface area contributed by atoms with Crippen LogP contribution in [0.5, 0.6) is 5.88 Å². The van der Waals surface area contributed by atoms with Crippen LogP contribution in [0.2, 0.25) is 0 Å². The number of amides is 2. The van der Waals surface area contributed by atoms with Crippen LogP contribution in [0.1, 0.15) is 38.2 Å². The third-order valence-corrected chi connectivity index (χ3v) is 5.69. The van der Waals surface area contributed by atoms with E-state index in [0.717, 1.165) is 31.2 Å². The first-order valence-corrected chi connectivity index (χ1v) is 10.2. The van der Waals surface area contributed by atoms with E-state index in [0.29, 0.717) is 18.3 Å². The summed E-state index contributed by atoms with van der Waals surface area (Å²) in [6.45, 7) is 2.56. The average Bonchev–Trinajstić information content (AvgIpc) is 3.37. The van der Waals surface area contributed by atoms with E-state index in [1.807, 2.05) is 13.0 Å². The molecule has 2 unspecified atom stereocenters. The van der Waals surface area contributed by atoms with Crippen molar-refractivity contribution >= 4 is 12.0 Å². The molecule has 1 saturated heterocycles. The first-order valence-electron chi connectivity index (χ1n) is 10.2. The lowest BCUT2D eigenvalue weighted by atomic mass is 9.96. The average molecular weight is 405 g/mol. The lowest BCUT2D eigenvalue weighted by Crippen LogP contribution is -2.45. The summed E-state index contributed by atoms with van der Waals surface area (Å²) >= 11 is 0. The van der Waals surface area contributed by atoms with Crippen LogP contribution >= 0.6 is 0 Å². The largest absolute Gasteiger partial charge is 0.481 e. The second kappa shape index (κ2) is 9.89. The second-order valence-corrected chi connectivity index (χ2v) is 7.73. The number of rotatable bonds is 7. The van der Waals surface area contributed by atoms with Crippen molar-refractivity contribution in [1.82, 2.24) is 26.1 Å². The topological polar surface area (TPSA) is 105 Å². The van der Waals surface area contributed by atoms with Gasteiger partial charge in [-0.25, -0.2) is 15.2 Å². The number of hydrogen-bond acceptors (Lipinski definition) is 7. The maximum Gasteiger partial charge on any atom is 0.409 e. The van der Waals surface area contributed by atoms with Gasteiger partial charge in [0.15, 0.2) is 0 Å². The van der Waals surface area contributed by atoms with Crippen molar-refractivity contribution in [3.8, 4) is 5.88 Å². The van der Waals surface area contributed by atoms with Gasteiger partial charge in [0.2, 0.25) is 11.8 Å². The zero-order valence-electron chi connectivity index (χ0n) is 17.3. The molecule has 9 nitrogen and oxygen atoms in total. The van der Waals surface area contributed by atoms with Crippen LogP contribution in [-0.2, 0) is 16.0 Å². The van der Waals surface area contributed by atoms with Gasteiger partial charge < -0.3 is 19.7 Å². The van der Waals surface area contributed by atoms with E-state index in [4.69, 9.17) is 9.47 Å². The van der Waals surface area contributed by atoms with Crippen molar-refractivity contribution in [3.05, 3.63) is 23.9 Å². The minimum Gasteiger partial charge on any atom is -0.481 e. The monoisotopic (exact) mass is 405 g/mol. The van der Waals surface area contributed by atoms with Gasteiger partial charge in [0.25, 0.3) is 0 Å². The smallest absolute Gasteiger partial charge is 0.409 e. The fraction of sp³-hybridized carbons (Fsp3) is 0.650. The van der Waals surface area contributed by atoms with Crippen LogP contribution in [0.3, 0.4) is 0 Å². The second-order valence-electron chi connectivity index (χ2n) is 7.73. The summed E-state index contributed by atoms with van der Waals surface area (Å²) in [5.41, 5.74) is 7.30. The third kappa shape index (κ3) is 5.80. The van der Waals surface area contributed by atoms with Crippen molar-refractivity contribution in [2.45, 2.75) is 57.3 Å². The van der Waals surface area contributed by atoms with E-state index >= 15 is 0 Å². The van der Waals surface area contributed by atoms with E-state index in [1.165, 1.54) is 0 Å². The van der Waals surface area contributed by atoms with Crippen molar-refractivity contribution in [3.63, 3.8) is 0 Å². The molecule has 1 aliphatic heterocycles. The highest BCUT2D eigenvalue weighted by atomic mass is 16.6. The summed E-state index contributed by atoms with van der Waals surface area (Å²) in [4.78, 5) is 29.9. The lowest BCUT2D eigenvalue weighted by molar-refractivity contribution is -0.121. The van der Waals surface area contributed by atoms with E-state index in [2.05, 4.69) is 21.2 Å². The van der Waals surface area contributed by atoms with Gasteiger partial charge in [0, 0.05) is 31.9 Å². The Morgan fingerprint density at radius 3 is 2.79 bits per heavy atom. The molecular weight excluding hydrogens is 374 g/mol. The molecule has 1 saturated carbocycles. The minimum atomic E-state index is -0.256. The zero-order chi connectivity index (χ0) is 20.8. The predicted molar refractivity (Wildman–Crippen MR) is 107 cm³/mol. The molecule has 1 aromatic heterocycles. The van der Waals surface area contributed by atoms with Gasteiger partial charge in [-0.1, -0.05) is 6.07 Å². The summed E-state index contributed by atoms with van der Waals surface area (Å²) in [5, 5.41) is 3.01. The molecule has 4 atom stereocenters. The number of hydrogen-bond donors (Lipinski definition) is 3. The van der Waals surface area contributed by atoms with E-state index in [9.17, 15) is 9.59 Å². The molecule has 3 N–H and O–H groups in total. The Balaban J connectivity index is 1.40. The fourth-order valence-corrected chi connectivity index (χ4v) is 3.86. The van der Waals surface area contributed by atoms with Gasteiger partial charge in [-0.3, -0.25) is 10.2 Å². The number of methoxy groups -OCH3 is 1. The number of carbonyl (C=O) groups is 2. The number of aromatic nitrogens is 1. The molecular formula is C20H31N5O4. The summed E-state index contributed by atoms with van der Waals surface area (Å²) in [5.74, 6) is 0.887. The number of ether oxygens (including phenoxy) is 2. The number of hydrazine groups is 1. The summed E-state index contributed by atoms with van der Waals surface area (Å²) < 4.78 is 10.6. The van der Waals surface area contributed by atoms with Crippen LogP contribution < -0.4 is 20.9 Å². The molecule has 2 heterocycles. The Morgan fingerprint density at radius 2 is 2.10 bits per heavy atom. The van der Waals surface area contributed by atoms with E-state index in [-0.39, 0.29) is 36.7 Å². The van der Waals surface area contributed by atoms with E-state index < -0.39 is 0 Å². The Hall–Kier alpha value is -2.39. The van der Waals surface area contributed by atoms with Gasteiger partial charge in [-0.2, -0.15) is 0 Å². The highest BCUT2D eigenvalue weighted by Crippen LogP contribution is 2.33. The number of nitrogens with one attached hydrogen (secondary N) is 3. The lowest BCUT2D eigenvalue weighted by Gasteiger charge is -2.20. The maximum absolute atomic E-state index is 12.3. The SMILES string of the molecule is CCN(C)C(=O)O[C@@H]1CC[C@H](C2CC(NC(=O)Cc3ccc(OC)nc3)NN2)C1. The Bertz CT molecular complexity index is 699. The van der Waals surface area contributed by atoms with Crippen LogP contribution in [0.25, 0.3) is 0 Å². The Morgan fingerprint density at radius 1 is 1.28 bits per heavy atom. The molecule has 9 heteroatoms. The molecule has 160 valence electrons. The van der Waals surface area contributed by atoms with Crippen LogP contribution in [0.4, 0.5) is 4.79 Å². The van der Waals surface area contributed by atoms with Gasteiger partial charge in [-0.05, 0) is 44.1 Å². The first kappa shape index (κ1) is 21.3. The van der Waals surface area contributed by atoms with Crippen LogP contribution in [0, 0.1) is 5.92 Å². The number of pyridine rings is 1. The van der Waals surface area contributed by atoms with Crippen molar-refractivity contribution in [2.24, 2.45) is 5.92 Å². The molecule has 2 fully saturated rings. The number of carbonyl (C=O) groups excluding carboxylic acids is 2. The normalized spacial score (nSPS) is 26.2.